The fourth-order valence-electron chi connectivity index (χ4n) is 2.33. The number of rotatable bonds is 2. The Hall–Kier alpha value is -0.630. The van der Waals surface area contributed by atoms with Gasteiger partial charge in [-0.25, -0.2) is 0 Å². The van der Waals surface area contributed by atoms with Gasteiger partial charge in [0.1, 0.15) is 0 Å². The highest BCUT2D eigenvalue weighted by atomic mass is 16.1. The average Bonchev–Trinajstić information content (AvgIpc) is 2.49. The monoisotopic (exact) mass is 179 g/mol. The summed E-state index contributed by atoms with van der Waals surface area (Å²) < 4.78 is 0. The molecule has 0 amide bonds. The first kappa shape index (κ1) is 8.95. The van der Waals surface area contributed by atoms with Gasteiger partial charge in [-0.1, -0.05) is 13.0 Å². The Balaban J connectivity index is 2.17. The van der Waals surface area contributed by atoms with Crippen LogP contribution in [-0.2, 0) is 4.79 Å². The summed E-state index contributed by atoms with van der Waals surface area (Å²) in [4.78, 5) is 11.6. The van der Waals surface area contributed by atoms with E-state index in [0.717, 1.165) is 30.9 Å². The van der Waals surface area contributed by atoms with E-state index >= 15 is 0 Å². The highest BCUT2D eigenvalue weighted by Gasteiger charge is 2.28. The molecule has 72 valence electrons. The van der Waals surface area contributed by atoms with Crippen molar-refractivity contribution in [1.29, 1.82) is 0 Å². The average molecular weight is 179 g/mol. The SMILES string of the molecule is CCC(=O)C1=CC[C@@H]2CC[C@H]1NC2. The number of carbonyl (C=O) groups is 1. The number of fused-ring (bicyclic) bond motifs is 3. The maximum atomic E-state index is 11.6. The summed E-state index contributed by atoms with van der Waals surface area (Å²) in [6.07, 6.45) is 6.37. The minimum Gasteiger partial charge on any atom is -0.310 e. The maximum Gasteiger partial charge on any atom is 0.159 e. The predicted octanol–water partition coefficient (Wildman–Crippen LogP) is 1.66. The molecule has 1 N–H and O–H groups in total. The van der Waals surface area contributed by atoms with Gasteiger partial charge in [-0.2, -0.15) is 0 Å². The van der Waals surface area contributed by atoms with Crippen LogP contribution < -0.4 is 5.32 Å². The first-order chi connectivity index (χ1) is 6.31. The van der Waals surface area contributed by atoms with E-state index < -0.39 is 0 Å². The van der Waals surface area contributed by atoms with E-state index in [1.54, 1.807) is 0 Å². The largest absolute Gasteiger partial charge is 0.310 e. The number of piperidine rings is 1. The summed E-state index contributed by atoms with van der Waals surface area (Å²) in [5.41, 5.74) is 1.06. The molecule has 0 aromatic rings. The normalized spacial score (nSPS) is 32.5. The fraction of sp³-hybridized carbons (Fsp3) is 0.727. The lowest BCUT2D eigenvalue weighted by atomic mass is 9.93. The van der Waals surface area contributed by atoms with Crippen molar-refractivity contribution in [1.82, 2.24) is 5.32 Å². The van der Waals surface area contributed by atoms with Gasteiger partial charge in [0.15, 0.2) is 5.78 Å². The van der Waals surface area contributed by atoms with Crippen molar-refractivity contribution in [3.05, 3.63) is 11.6 Å². The maximum absolute atomic E-state index is 11.6. The highest BCUT2D eigenvalue weighted by Crippen LogP contribution is 2.27. The van der Waals surface area contributed by atoms with Crippen LogP contribution in [0.5, 0.6) is 0 Å². The summed E-state index contributed by atoms with van der Waals surface area (Å²) >= 11 is 0. The number of hydrogen-bond donors (Lipinski definition) is 1. The predicted molar refractivity (Wildman–Crippen MR) is 52.5 cm³/mol. The zero-order valence-electron chi connectivity index (χ0n) is 8.18. The molecule has 2 heteroatoms. The van der Waals surface area contributed by atoms with Gasteiger partial charge in [-0.05, 0) is 31.7 Å². The van der Waals surface area contributed by atoms with E-state index in [4.69, 9.17) is 0 Å². The number of carbonyl (C=O) groups excluding carboxylic acids is 1. The molecule has 0 saturated carbocycles. The third-order valence-corrected chi connectivity index (χ3v) is 3.21. The molecule has 1 aliphatic carbocycles. The second kappa shape index (κ2) is 3.62. The van der Waals surface area contributed by atoms with Crippen molar-refractivity contribution in [3.63, 3.8) is 0 Å². The van der Waals surface area contributed by atoms with E-state index in [0.29, 0.717) is 18.2 Å². The summed E-state index contributed by atoms with van der Waals surface area (Å²) in [5, 5.41) is 3.46. The standard InChI is InChI=1S/C11H17NO/c1-2-11(13)9-5-3-8-4-6-10(9)12-7-8/h5,8,10,12H,2-4,6-7H2,1H3/t8-,10-/m1/s1. The molecule has 2 heterocycles. The fourth-order valence-corrected chi connectivity index (χ4v) is 2.33. The first-order valence-corrected chi connectivity index (χ1v) is 5.28. The topological polar surface area (TPSA) is 29.1 Å². The van der Waals surface area contributed by atoms with E-state index in [2.05, 4.69) is 11.4 Å². The lowest BCUT2D eigenvalue weighted by Crippen LogP contribution is -2.39. The molecule has 0 unspecified atom stereocenters. The van der Waals surface area contributed by atoms with Crippen molar-refractivity contribution >= 4 is 5.78 Å². The molecule has 2 aliphatic heterocycles. The van der Waals surface area contributed by atoms with Crippen LogP contribution in [-0.4, -0.2) is 18.4 Å². The second-order valence-corrected chi connectivity index (χ2v) is 4.08. The molecule has 2 bridgehead atoms. The first-order valence-electron chi connectivity index (χ1n) is 5.28. The zero-order chi connectivity index (χ0) is 9.26. The van der Waals surface area contributed by atoms with Crippen LogP contribution in [0.25, 0.3) is 0 Å². The molecule has 13 heavy (non-hydrogen) atoms. The lowest BCUT2D eigenvalue weighted by Gasteiger charge is -2.26. The van der Waals surface area contributed by atoms with Crippen LogP contribution in [0.15, 0.2) is 11.6 Å². The van der Waals surface area contributed by atoms with Crippen LogP contribution in [0.1, 0.15) is 32.6 Å². The molecule has 2 nitrogen and oxygen atoms in total. The molecule has 0 radical (unpaired) electrons. The Kier molecular flexibility index (Phi) is 2.49. The van der Waals surface area contributed by atoms with Crippen LogP contribution in [0.4, 0.5) is 0 Å². The Morgan fingerprint density at radius 2 is 2.46 bits per heavy atom. The number of Topliss-reactive ketones (excluding diaryl/α,β-unsaturated/α-hetero) is 1. The molecular weight excluding hydrogens is 162 g/mol. The van der Waals surface area contributed by atoms with E-state index in [1.165, 1.54) is 6.42 Å². The lowest BCUT2D eigenvalue weighted by molar-refractivity contribution is -0.115. The molecule has 2 atom stereocenters. The zero-order valence-corrected chi connectivity index (χ0v) is 8.18. The quantitative estimate of drug-likeness (QED) is 0.698. The molecule has 3 aliphatic rings. The number of allylic oxidation sites excluding steroid dienone is 1. The summed E-state index contributed by atoms with van der Waals surface area (Å²) in [5.74, 6) is 1.11. The van der Waals surface area contributed by atoms with Gasteiger partial charge < -0.3 is 5.32 Å². The Morgan fingerprint density at radius 1 is 1.62 bits per heavy atom. The van der Waals surface area contributed by atoms with E-state index in [-0.39, 0.29) is 0 Å². The van der Waals surface area contributed by atoms with Gasteiger partial charge in [0, 0.05) is 18.0 Å². The Labute approximate surface area is 79.4 Å². The van der Waals surface area contributed by atoms with Crippen molar-refractivity contribution in [2.24, 2.45) is 5.92 Å². The van der Waals surface area contributed by atoms with Crippen molar-refractivity contribution in [2.75, 3.05) is 6.54 Å². The number of ketones is 1. The summed E-state index contributed by atoms with van der Waals surface area (Å²) in [7, 11) is 0. The highest BCUT2D eigenvalue weighted by molar-refractivity contribution is 5.96. The van der Waals surface area contributed by atoms with Crippen molar-refractivity contribution < 1.29 is 4.79 Å². The van der Waals surface area contributed by atoms with Gasteiger partial charge in [0.2, 0.25) is 0 Å². The molecule has 1 saturated heterocycles. The van der Waals surface area contributed by atoms with Gasteiger partial charge >= 0.3 is 0 Å². The van der Waals surface area contributed by atoms with Gasteiger partial charge in [-0.3, -0.25) is 4.79 Å². The number of nitrogens with one attached hydrogen (secondary N) is 1. The molecule has 1 fully saturated rings. The summed E-state index contributed by atoms with van der Waals surface area (Å²) in [6.45, 7) is 3.04. The molecule has 3 rings (SSSR count). The minimum atomic E-state index is 0.333. The third kappa shape index (κ3) is 1.68. The van der Waals surface area contributed by atoms with E-state index in [9.17, 15) is 4.79 Å². The van der Waals surface area contributed by atoms with Crippen LogP contribution >= 0.6 is 0 Å². The molecule has 0 aromatic carbocycles. The molecule has 0 spiro atoms. The smallest absolute Gasteiger partial charge is 0.159 e. The van der Waals surface area contributed by atoms with Crippen LogP contribution in [0.3, 0.4) is 0 Å². The second-order valence-electron chi connectivity index (χ2n) is 4.08. The van der Waals surface area contributed by atoms with Crippen LogP contribution in [0.2, 0.25) is 0 Å². The van der Waals surface area contributed by atoms with Gasteiger partial charge in [0.25, 0.3) is 0 Å². The Bertz CT molecular complexity index is 236. The van der Waals surface area contributed by atoms with Gasteiger partial charge in [-0.15, -0.1) is 0 Å². The summed E-state index contributed by atoms with van der Waals surface area (Å²) in [6, 6.07) is 0.367. The van der Waals surface area contributed by atoms with Crippen molar-refractivity contribution in [2.45, 2.75) is 38.6 Å². The minimum absolute atomic E-state index is 0.333. The van der Waals surface area contributed by atoms with E-state index in [1.807, 2.05) is 6.92 Å². The third-order valence-electron chi connectivity index (χ3n) is 3.21. The van der Waals surface area contributed by atoms with Crippen LogP contribution in [0, 0.1) is 5.92 Å². The molecular formula is C11H17NO. The van der Waals surface area contributed by atoms with Crippen molar-refractivity contribution in [3.8, 4) is 0 Å². The number of hydrogen-bond acceptors (Lipinski definition) is 2. The van der Waals surface area contributed by atoms with Gasteiger partial charge in [0.05, 0.1) is 0 Å². The molecule has 0 aromatic heterocycles. The Morgan fingerprint density at radius 3 is 3.08 bits per heavy atom.